The Kier molecular flexibility index (Phi) is 4.35. The molecular weight excluding hydrogens is 293 g/mol. The summed E-state index contributed by atoms with van der Waals surface area (Å²) in [5.74, 6) is 0.182. The van der Waals surface area contributed by atoms with E-state index in [1.54, 1.807) is 31.5 Å². The first kappa shape index (κ1) is 15.2. The maximum Gasteiger partial charge on any atom is 0.212 e. The Morgan fingerprint density at radius 2 is 1.70 bits per heavy atom. The molecule has 0 fully saturated rings. The molecule has 1 unspecified atom stereocenters. The van der Waals surface area contributed by atoms with E-state index < -0.39 is 6.10 Å². The van der Waals surface area contributed by atoms with Gasteiger partial charge in [-0.15, -0.1) is 0 Å². The van der Waals surface area contributed by atoms with Crippen LogP contribution in [0.1, 0.15) is 17.2 Å². The van der Waals surface area contributed by atoms with Gasteiger partial charge in [-0.05, 0) is 41.0 Å². The lowest BCUT2D eigenvalue weighted by atomic mass is 9.97. The zero-order valence-corrected chi connectivity index (χ0v) is 12.6. The number of nitrogens with zero attached hydrogens (tertiary/aromatic N) is 1. The fourth-order valence-corrected chi connectivity index (χ4v) is 2.43. The lowest BCUT2D eigenvalue weighted by Crippen LogP contribution is -2.00. The number of aliphatic hydroxyl groups excluding tert-OH is 1. The third-order valence-corrected chi connectivity index (χ3v) is 3.65. The van der Waals surface area contributed by atoms with Gasteiger partial charge in [0.25, 0.3) is 0 Å². The molecule has 0 radical (unpaired) electrons. The minimum atomic E-state index is -0.878. The van der Waals surface area contributed by atoms with Gasteiger partial charge in [0.2, 0.25) is 5.88 Å². The summed E-state index contributed by atoms with van der Waals surface area (Å²) in [5, 5.41) is 10.5. The molecule has 0 saturated carbocycles. The molecular formula is C19H16FNO2. The average Bonchev–Trinajstić information content (AvgIpc) is 2.61. The van der Waals surface area contributed by atoms with Gasteiger partial charge in [0.15, 0.2) is 0 Å². The van der Waals surface area contributed by atoms with Crippen LogP contribution in [0.3, 0.4) is 0 Å². The third kappa shape index (κ3) is 3.38. The molecule has 1 atom stereocenters. The Morgan fingerprint density at radius 1 is 0.957 bits per heavy atom. The minimum Gasteiger partial charge on any atom is -0.481 e. The van der Waals surface area contributed by atoms with E-state index in [2.05, 4.69) is 4.98 Å². The number of aliphatic hydroxyl groups is 1. The van der Waals surface area contributed by atoms with Crippen LogP contribution in [-0.4, -0.2) is 17.2 Å². The van der Waals surface area contributed by atoms with Crippen molar-refractivity contribution in [1.29, 1.82) is 0 Å². The summed E-state index contributed by atoms with van der Waals surface area (Å²) in [6.45, 7) is 0. The summed E-state index contributed by atoms with van der Waals surface area (Å²) in [5.41, 5.74) is 3.06. The first-order chi connectivity index (χ1) is 11.2. The molecule has 0 bridgehead atoms. The standard InChI is InChI=1S/C19H16FNO2/c1-23-18-9-8-16(12-21-18)13-4-2-5-14(10-13)19(22)15-6-3-7-17(20)11-15/h2-12,19,22H,1H3. The number of hydrogen-bond donors (Lipinski definition) is 1. The zero-order valence-electron chi connectivity index (χ0n) is 12.6. The maximum absolute atomic E-state index is 13.3. The van der Waals surface area contributed by atoms with Gasteiger partial charge in [0.05, 0.1) is 7.11 Å². The Balaban J connectivity index is 1.92. The molecule has 116 valence electrons. The molecule has 0 aliphatic rings. The molecule has 0 amide bonds. The third-order valence-electron chi connectivity index (χ3n) is 3.65. The molecule has 3 nitrogen and oxygen atoms in total. The van der Waals surface area contributed by atoms with Gasteiger partial charge < -0.3 is 9.84 Å². The van der Waals surface area contributed by atoms with Crippen molar-refractivity contribution in [3.8, 4) is 17.0 Å². The predicted molar refractivity (Wildman–Crippen MR) is 86.7 cm³/mol. The highest BCUT2D eigenvalue weighted by atomic mass is 19.1. The fraction of sp³-hybridized carbons (Fsp3) is 0.105. The Bertz CT molecular complexity index is 802. The molecule has 1 heterocycles. The van der Waals surface area contributed by atoms with E-state index in [4.69, 9.17) is 4.74 Å². The normalized spacial score (nSPS) is 12.0. The largest absolute Gasteiger partial charge is 0.481 e. The van der Waals surface area contributed by atoms with Crippen LogP contribution >= 0.6 is 0 Å². The molecule has 1 N–H and O–H groups in total. The Hall–Kier alpha value is -2.72. The quantitative estimate of drug-likeness (QED) is 0.792. The van der Waals surface area contributed by atoms with Crippen molar-refractivity contribution in [2.45, 2.75) is 6.10 Å². The molecule has 1 aromatic heterocycles. The molecule has 4 heteroatoms. The van der Waals surface area contributed by atoms with E-state index in [0.717, 1.165) is 11.1 Å². The predicted octanol–water partition coefficient (Wildman–Crippen LogP) is 3.98. The first-order valence-electron chi connectivity index (χ1n) is 7.21. The number of aromatic nitrogens is 1. The monoisotopic (exact) mass is 309 g/mol. The highest BCUT2D eigenvalue weighted by molar-refractivity contribution is 5.64. The first-order valence-corrected chi connectivity index (χ1v) is 7.21. The van der Waals surface area contributed by atoms with Crippen LogP contribution in [0.5, 0.6) is 5.88 Å². The SMILES string of the molecule is COc1ccc(-c2cccc(C(O)c3cccc(F)c3)c2)cn1. The van der Waals surface area contributed by atoms with E-state index >= 15 is 0 Å². The maximum atomic E-state index is 13.3. The van der Waals surface area contributed by atoms with E-state index in [9.17, 15) is 9.50 Å². The number of methoxy groups -OCH3 is 1. The van der Waals surface area contributed by atoms with Gasteiger partial charge in [-0.2, -0.15) is 0 Å². The highest BCUT2D eigenvalue weighted by Gasteiger charge is 2.12. The Labute approximate surface area is 134 Å². The van der Waals surface area contributed by atoms with E-state index in [0.29, 0.717) is 17.0 Å². The van der Waals surface area contributed by atoms with Crippen LogP contribution in [0, 0.1) is 5.82 Å². The van der Waals surface area contributed by atoms with Crippen molar-refractivity contribution in [2.24, 2.45) is 0 Å². The van der Waals surface area contributed by atoms with Crippen LogP contribution < -0.4 is 4.74 Å². The van der Waals surface area contributed by atoms with Crippen LogP contribution in [0.15, 0.2) is 66.9 Å². The van der Waals surface area contributed by atoms with Crippen molar-refractivity contribution in [2.75, 3.05) is 7.11 Å². The topological polar surface area (TPSA) is 42.4 Å². The lowest BCUT2D eigenvalue weighted by molar-refractivity contribution is 0.220. The van der Waals surface area contributed by atoms with Crippen molar-refractivity contribution >= 4 is 0 Å². The molecule has 3 rings (SSSR count). The van der Waals surface area contributed by atoms with E-state index in [-0.39, 0.29) is 5.82 Å². The molecule has 23 heavy (non-hydrogen) atoms. The second kappa shape index (κ2) is 6.58. The average molecular weight is 309 g/mol. The van der Waals surface area contributed by atoms with Gasteiger partial charge >= 0.3 is 0 Å². The molecule has 0 aliphatic heterocycles. The summed E-state index contributed by atoms with van der Waals surface area (Å²) < 4.78 is 18.4. The molecule has 0 spiro atoms. The summed E-state index contributed by atoms with van der Waals surface area (Å²) >= 11 is 0. The molecule has 3 aromatic rings. The van der Waals surface area contributed by atoms with Gasteiger partial charge in [0.1, 0.15) is 11.9 Å². The van der Waals surface area contributed by atoms with Gasteiger partial charge in [-0.25, -0.2) is 9.37 Å². The van der Waals surface area contributed by atoms with Crippen LogP contribution in [0.2, 0.25) is 0 Å². The Morgan fingerprint density at radius 3 is 2.35 bits per heavy atom. The summed E-state index contributed by atoms with van der Waals surface area (Å²) in [6.07, 6.45) is 0.837. The highest BCUT2D eigenvalue weighted by Crippen LogP contribution is 2.27. The number of halogens is 1. The van der Waals surface area contributed by atoms with Gasteiger partial charge in [-0.3, -0.25) is 0 Å². The van der Waals surface area contributed by atoms with Crippen molar-refractivity contribution in [3.05, 3.63) is 83.8 Å². The van der Waals surface area contributed by atoms with Crippen LogP contribution in [0.25, 0.3) is 11.1 Å². The fourth-order valence-electron chi connectivity index (χ4n) is 2.43. The van der Waals surface area contributed by atoms with Crippen molar-refractivity contribution < 1.29 is 14.2 Å². The number of ether oxygens (including phenoxy) is 1. The van der Waals surface area contributed by atoms with Gasteiger partial charge in [-0.1, -0.05) is 30.3 Å². The van der Waals surface area contributed by atoms with Crippen molar-refractivity contribution in [1.82, 2.24) is 4.98 Å². The zero-order chi connectivity index (χ0) is 16.2. The van der Waals surface area contributed by atoms with Crippen LogP contribution in [0.4, 0.5) is 4.39 Å². The van der Waals surface area contributed by atoms with E-state index in [1.807, 2.05) is 30.3 Å². The van der Waals surface area contributed by atoms with Crippen molar-refractivity contribution in [3.63, 3.8) is 0 Å². The number of hydrogen-bond acceptors (Lipinski definition) is 3. The molecule has 0 saturated heterocycles. The lowest BCUT2D eigenvalue weighted by Gasteiger charge is -2.13. The minimum absolute atomic E-state index is 0.364. The van der Waals surface area contributed by atoms with E-state index in [1.165, 1.54) is 12.1 Å². The number of pyridine rings is 1. The number of benzene rings is 2. The number of rotatable bonds is 4. The summed E-state index contributed by atoms with van der Waals surface area (Å²) in [4.78, 5) is 4.18. The second-order valence-electron chi connectivity index (χ2n) is 5.17. The van der Waals surface area contributed by atoms with Crippen LogP contribution in [-0.2, 0) is 0 Å². The summed E-state index contributed by atoms with van der Waals surface area (Å²) in [7, 11) is 1.57. The molecule has 0 aliphatic carbocycles. The molecule has 2 aromatic carbocycles. The second-order valence-corrected chi connectivity index (χ2v) is 5.17. The summed E-state index contributed by atoms with van der Waals surface area (Å²) in [6, 6.07) is 17.2. The van der Waals surface area contributed by atoms with Gasteiger partial charge in [0, 0.05) is 17.8 Å². The smallest absolute Gasteiger partial charge is 0.212 e.